The maximum absolute atomic E-state index is 13.5. The monoisotopic (exact) mass is 460 g/mol. The molecule has 7 heteroatoms. The zero-order valence-corrected chi connectivity index (χ0v) is 20.0. The third-order valence-corrected chi connectivity index (χ3v) is 6.22. The lowest BCUT2D eigenvalue weighted by atomic mass is 10.0. The Morgan fingerprint density at radius 2 is 1.71 bits per heavy atom. The Labute approximate surface area is 198 Å². The summed E-state index contributed by atoms with van der Waals surface area (Å²) in [4.78, 5) is 25.9. The van der Waals surface area contributed by atoms with Crippen molar-refractivity contribution in [2.45, 2.75) is 53.6 Å². The molecule has 0 unspecified atom stereocenters. The third kappa shape index (κ3) is 4.51. The first-order valence-electron chi connectivity index (χ1n) is 11.5. The zero-order chi connectivity index (χ0) is 24.4. The average Bonchev–Trinajstić information content (AvgIpc) is 3.16. The summed E-state index contributed by atoms with van der Waals surface area (Å²) in [6.45, 7) is 8.67. The minimum atomic E-state index is -0.311. The van der Waals surface area contributed by atoms with Gasteiger partial charge in [-0.05, 0) is 69.5 Å². The molecular formula is C27H29FN4O2. The molecule has 2 heterocycles. The highest BCUT2D eigenvalue weighted by atomic mass is 19.1. The molecule has 0 atom stereocenters. The van der Waals surface area contributed by atoms with Crippen LogP contribution in [0.1, 0.15) is 41.3 Å². The molecule has 34 heavy (non-hydrogen) atoms. The van der Waals surface area contributed by atoms with Crippen molar-refractivity contribution in [2.75, 3.05) is 0 Å². The molecule has 4 rings (SSSR count). The molecule has 0 bridgehead atoms. The first-order valence-corrected chi connectivity index (χ1v) is 11.5. The van der Waals surface area contributed by atoms with E-state index < -0.39 is 0 Å². The van der Waals surface area contributed by atoms with Gasteiger partial charge in [-0.25, -0.2) is 9.07 Å². The Morgan fingerprint density at radius 1 is 1.03 bits per heavy atom. The maximum Gasteiger partial charge on any atom is 0.255 e. The Balaban J connectivity index is 1.63. The minimum Gasteiger partial charge on any atom is -0.352 e. The van der Waals surface area contributed by atoms with E-state index in [4.69, 9.17) is 5.10 Å². The van der Waals surface area contributed by atoms with Crippen molar-refractivity contribution in [3.05, 3.63) is 92.6 Å². The number of fused-ring (bicyclic) bond motifs is 1. The van der Waals surface area contributed by atoms with Gasteiger partial charge in [0.1, 0.15) is 11.5 Å². The van der Waals surface area contributed by atoms with E-state index in [0.29, 0.717) is 25.1 Å². The Bertz CT molecular complexity index is 1400. The molecule has 6 nitrogen and oxygen atoms in total. The Hall–Kier alpha value is -3.74. The van der Waals surface area contributed by atoms with E-state index in [-0.39, 0.29) is 23.7 Å². The molecule has 4 aromatic rings. The van der Waals surface area contributed by atoms with Gasteiger partial charge >= 0.3 is 0 Å². The summed E-state index contributed by atoms with van der Waals surface area (Å²) in [5, 5.41) is 8.55. The van der Waals surface area contributed by atoms with Crippen LogP contribution >= 0.6 is 0 Å². The van der Waals surface area contributed by atoms with Crippen molar-refractivity contribution in [1.29, 1.82) is 0 Å². The van der Waals surface area contributed by atoms with E-state index in [1.165, 1.54) is 12.1 Å². The average molecular weight is 461 g/mol. The van der Waals surface area contributed by atoms with E-state index in [2.05, 4.69) is 5.32 Å². The highest BCUT2D eigenvalue weighted by Crippen LogP contribution is 2.26. The molecule has 1 amide bonds. The molecule has 0 saturated carbocycles. The normalized spacial score (nSPS) is 11.2. The quantitative estimate of drug-likeness (QED) is 0.441. The smallest absolute Gasteiger partial charge is 0.255 e. The number of hydrogen-bond donors (Lipinski definition) is 1. The fraction of sp³-hybridized carbons (Fsp3) is 0.296. The van der Waals surface area contributed by atoms with Gasteiger partial charge in [-0.3, -0.25) is 14.2 Å². The van der Waals surface area contributed by atoms with Gasteiger partial charge in [0.15, 0.2) is 0 Å². The van der Waals surface area contributed by atoms with Crippen molar-refractivity contribution >= 4 is 16.9 Å². The molecule has 0 radical (unpaired) electrons. The van der Waals surface area contributed by atoms with Crippen molar-refractivity contribution in [3.63, 3.8) is 0 Å². The highest BCUT2D eigenvalue weighted by molar-refractivity contribution is 5.85. The Kier molecular flexibility index (Phi) is 6.63. The van der Waals surface area contributed by atoms with E-state index in [1.807, 2.05) is 56.6 Å². The van der Waals surface area contributed by atoms with Crippen LogP contribution in [0.4, 0.5) is 4.39 Å². The SMILES string of the molecule is CCn1c(=O)c(CCC(=O)NCc2ccc(F)cc2)c(C)c2c(C)nn(-c3ccc(C)cc3)c21. The summed E-state index contributed by atoms with van der Waals surface area (Å²) in [7, 11) is 0. The molecule has 0 saturated heterocycles. The second-order valence-corrected chi connectivity index (χ2v) is 8.59. The number of aromatic nitrogens is 3. The highest BCUT2D eigenvalue weighted by Gasteiger charge is 2.21. The molecule has 0 spiro atoms. The van der Waals surface area contributed by atoms with E-state index >= 15 is 0 Å². The van der Waals surface area contributed by atoms with Gasteiger partial charge in [-0.15, -0.1) is 0 Å². The summed E-state index contributed by atoms with van der Waals surface area (Å²) >= 11 is 0. The standard InChI is InChI=1S/C27H29FN4O2/c1-5-31-26-25(19(4)30-32(26)22-12-6-17(2)7-13-22)18(3)23(27(31)34)14-15-24(33)29-16-20-8-10-21(28)11-9-20/h6-13H,5,14-16H2,1-4H3,(H,29,33). The number of rotatable bonds is 7. The van der Waals surface area contributed by atoms with Crippen LogP contribution in [0.5, 0.6) is 0 Å². The molecule has 0 fully saturated rings. The van der Waals surface area contributed by atoms with E-state index in [1.54, 1.807) is 16.7 Å². The zero-order valence-electron chi connectivity index (χ0n) is 20.0. The van der Waals surface area contributed by atoms with Gasteiger partial charge in [-0.1, -0.05) is 29.8 Å². The number of aryl methyl sites for hydroxylation is 4. The number of carbonyl (C=O) groups is 1. The molecule has 0 aliphatic carbocycles. The number of amides is 1. The summed E-state index contributed by atoms with van der Waals surface area (Å²) in [5.74, 6) is -0.465. The minimum absolute atomic E-state index is 0.0907. The number of pyridine rings is 1. The first kappa shape index (κ1) is 23.4. The lowest BCUT2D eigenvalue weighted by Gasteiger charge is -2.14. The number of halogens is 1. The van der Waals surface area contributed by atoms with Crippen molar-refractivity contribution < 1.29 is 9.18 Å². The molecule has 2 aromatic carbocycles. The lowest BCUT2D eigenvalue weighted by Crippen LogP contribution is -2.28. The van der Waals surface area contributed by atoms with Crippen molar-refractivity contribution in [1.82, 2.24) is 19.7 Å². The van der Waals surface area contributed by atoms with Crippen LogP contribution in [0.25, 0.3) is 16.7 Å². The van der Waals surface area contributed by atoms with Crippen LogP contribution in [0, 0.1) is 26.6 Å². The van der Waals surface area contributed by atoms with Gasteiger partial charge < -0.3 is 5.32 Å². The molecular weight excluding hydrogens is 431 g/mol. The van der Waals surface area contributed by atoms with Gasteiger partial charge in [0.2, 0.25) is 5.91 Å². The van der Waals surface area contributed by atoms with Crippen LogP contribution in [-0.2, 0) is 24.3 Å². The Morgan fingerprint density at radius 3 is 2.35 bits per heavy atom. The van der Waals surface area contributed by atoms with Gasteiger partial charge in [0.05, 0.1) is 11.4 Å². The summed E-state index contributed by atoms with van der Waals surface area (Å²) in [5.41, 5.74) is 5.91. The largest absolute Gasteiger partial charge is 0.352 e. The van der Waals surface area contributed by atoms with Crippen molar-refractivity contribution in [3.8, 4) is 5.69 Å². The second-order valence-electron chi connectivity index (χ2n) is 8.59. The van der Waals surface area contributed by atoms with Crippen LogP contribution < -0.4 is 10.9 Å². The number of hydrogen-bond acceptors (Lipinski definition) is 3. The van der Waals surface area contributed by atoms with E-state index in [9.17, 15) is 14.0 Å². The van der Waals surface area contributed by atoms with Crippen LogP contribution in [0.15, 0.2) is 53.3 Å². The summed E-state index contributed by atoms with van der Waals surface area (Å²) in [6.07, 6.45) is 0.530. The van der Waals surface area contributed by atoms with Crippen LogP contribution in [0.2, 0.25) is 0 Å². The number of nitrogens with one attached hydrogen (secondary N) is 1. The predicted octanol–water partition coefficient (Wildman–Crippen LogP) is 4.52. The molecule has 0 aliphatic rings. The van der Waals surface area contributed by atoms with E-state index in [0.717, 1.165) is 39.1 Å². The third-order valence-electron chi connectivity index (χ3n) is 6.22. The van der Waals surface area contributed by atoms with Crippen LogP contribution in [-0.4, -0.2) is 20.3 Å². The fourth-order valence-corrected chi connectivity index (χ4v) is 4.36. The second kappa shape index (κ2) is 9.63. The van der Waals surface area contributed by atoms with Gasteiger partial charge in [-0.2, -0.15) is 5.10 Å². The molecule has 1 N–H and O–H groups in total. The maximum atomic E-state index is 13.5. The number of carbonyl (C=O) groups excluding carboxylic acids is 1. The van der Waals surface area contributed by atoms with Crippen molar-refractivity contribution in [2.24, 2.45) is 0 Å². The van der Waals surface area contributed by atoms with Gasteiger partial charge in [0.25, 0.3) is 5.56 Å². The van der Waals surface area contributed by atoms with Crippen LogP contribution in [0.3, 0.4) is 0 Å². The number of benzene rings is 2. The lowest BCUT2D eigenvalue weighted by molar-refractivity contribution is -0.121. The topological polar surface area (TPSA) is 68.9 Å². The van der Waals surface area contributed by atoms with Gasteiger partial charge in [0, 0.05) is 30.5 Å². The molecule has 0 aliphatic heterocycles. The summed E-state index contributed by atoms with van der Waals surface area (Å²) in [6, 6.07) is 14.1. The summed E-state index contributed by atoms with van der Waals surface area (Å²) < 4.78 is 16.6. The fourth-order valence-electron chi connectivity index (χ4n) is 4.36. The molecule has 176 valence electrons. The predicted molar refractivity (Wildman–Crippen MR) is 132 cm³/mol. The molecule has 2 aromatic heterocycles. The first-order chi connectivity index (χ1) is 16.3. The number of nitrogens with zero attached hydrogens (tertiary/aromatic N) is 3.